The Labute approximate surface area is 252 Å². The summed E-state index contributed by atoms with van der Waals surface area (Å²) in [5.41, 5.74) is 0.0490. The second kappa shape index (κ2) is 11.7. The minimum Gasteiger partial charge on any atom is -0.494 e. The van der Waals surface area contributed by atoms with Crippen molar-refractivity contribution in [3.63, 3.8) is 0 Å². The maximum absolute atomic E-state index is 14.1. The normalized spacial score (nSPS) is 27.7. The Bertz CT molecular complexity index is 1500. The predicted octanol–water partition coefficient (Wildman–Crippen LogP) is 4.34. The lowest BCUT2D eigenvalue weighted by atomic mass is 9.70. The first-order valence-electron chi connectivity index (χ1n) is 14.4. The molecule has 0 radical (unpaired) electrons. The Hall–Kier alpha value is -3.47. The van der Waals surface area contributed by atoms with Crippen LogP contribution in [0.5, 0.6) is 5.75 Å². The molecule has 3 N–H and O–H groups in total. The molecular formula is C32H34BrN3O6. The molecule has 3 aromatic carbocycles. The van der Waals surface area contributed by atoms with Crippen molar-refractivity contribution in [2.24, 2.45) is 11.8 Å². The van der Waals surface area contributed by atoms with Gasteiger partial charge >= 0.3 is 0 Å². The number of ether oxygens (including phenoxy) is 2. The second-order valence-corrected chi connectivity index (χ2v) is 12.3. The number of carbonyl (C=O) groups excluding carboxylic acids is 3. The molecule has 3 aromatic rings. The van der Waals surface area contributed by atoms with Crippen LogP contribution >= 0.6 is 15.9 Å². The summed E-state index contributed by atoms with van der Waals surface area (Å²) < 4.78 is 12.1. The number of halogens is 1. The number of likely N-dealkylation sites (tertiary alicyclic amines) is 1. The molecule has 220 valence electrons. The van der Waals surface area contributed by atoms with Crippen LogP contribution in [0, 0.1) is 11.8 Å². The van der Waals surface area contributed by atoms with E-state index in [2.05, 4.69) is 26.6 Å². The number of benzene rings is 3. The Morgan fingerprint density at radius 3 is 2.48 bits per heavy atom. The number of unbranched alkanes of at least 4 members (excludes halogenated alkanes) is 1. The lowest BCUT2D eigenvalue weighted by Crippen LogP contribution is -2.54. The van der Waals surface area contributed by atoms with Crippen molar-refractivity contribution >= 4 is 55.8 Å². The molecule has 6 atom stereocenters. The molecule has 2 bridgehead atoms. The first-order valence-corrected chi connectivity index (χ1v) is 15.3. The van der Waals surface area contributed by atoms with Gasteiger partial charge in [-0.05, 0) is 73.4 Å². The first-order chi connectivity index (χ1) is 20.4. The van der Waals surface area contributed by atoms with Crippen LogP contribution < -0.4 is 15.4 Å². The average molecular weight is 637 g/mol. The van der Waals surface area contributed by atoms with Crippen LogP contribution in [0.1, 0.15) is 26.2 Å². The van der Waals surface area contributed by atoms with Gasteiger partial charge in [-0.2, -0.15) is 0 Å². The van der Waals surface area contributed by atoms with Crippen molar-refractivity contribution in [3.05, 3.63) is 66.7 Å². The largest absolute Gasteiger partial charge is 0.494 e. The number of anilines is 2. The number of fused-ring (bicyclic) bond motifs is 2. The summed E-state index contributed by atoms with van der Waals surface area (Å²) in [6, 6.07) is 19.7. The number of hydrogen-bond donors (Lipinski definition) is 3. The zero-order chi connectivity index (χ0) is 29.4. The third-order valence-corrected chi connectivity index (χ3v) is 9.44. The van der Waals surface area contributed by atoms with Crippen molar-refractivity contribution in [1.29, 1.82) is 0 Å². The quantitative estimate of drug-likeness (QED) is 0.225. The number of nitrogens with one attached hydrogen (secondary N) is 2. The van der Waals surface area contributed by atoms with Crippen LogP contribution in [0.2, 0.25) is 0 Å². The smallest absolute Gasteiger partial charge is 0.250 e. The average Bonchev–Trinajstić information content (AvgIpc) is 3.57. The van der Waals surface area contributed by atoms with Gasteiger partial charge < -0.3 is 30.1 Å². The van der Waals surface area contributed by atoms with E-state index in [1.807, 2.05) is 49.4 Å². The molecule has 3 amide bonds. The van der Waals surface area contributed by atoms with Gasteiger partial charge in [-0.25, -0.2) is 0 Å². The number of alkyl halides is 1. The van der Waals surface area contributed by atoms with Gasteiger partial charge in [0.15, 0.2) is 0 Å². The zero-order valence-corrected chi connectivity index (χ0v) is 24.9. The summed E-state index contributed by atoms with van der Waals surface area (Å²) in [4.78, 5) is 43.3. The number of rotatable bonds is 10. The van der Waals surface area contributed by atoms with E-state index in [9.17, 15) is 19.5 Å². The lowest BCUT2D eigenvalue weighted by molar-refractivity contribution is -0.139. The Morgan fingerprint density at radius 2 is 1.74 bits per heavy atom. The minimum atomic E-state index is -1.16. The number of nitrogens with zero attached hydrogens (tertiary/aromatic N) is 1. The molecule has 3 aliphatic heterocycles. The van der Waals surface area contributed by atoms with Crippen molar-refractivity contribution in [1.82, 2.24) is 4.90 Å². The molecular weight excluding hydrogens is 602 g/mol. The van der Waals surface area contributed by atoms with Crippen LogP contribution in [0.25, 0.3) is 10.8 Å². The van der Waals surface area contributed by atoms with Gasteiger partial charge in [0.1, 0.15) is 17.4 Å². The highest BCUT2D eigenvalue weighted by Crippen LogP contribution is 2.60. The second-order valence-electron chi connectivity index (χ2n) is 11.1. The number of aliphatic hydroxyl groups is 1. The summed E-state index contributed by atoms with van der Waals surface area (Å²) in [5, 5.41) is 17.4. The van der Waals surface area contributed by atoms with E-state index in [0.717, 1.165) is 10.8 Å². The van der Waals surface area contributed by atoms with Gasteiger partial charge in [0.05, 0.1) is 24.5 Å². The van der Waals surface area contributed by atoms with Crippen LogP contribution in [0.3, 0.4) is 0 Å². The standard InChI is InChI=1S/C32H34BrN3O6/c1-2-41-23-13-11-21(12-14-23)34-29(38)25-26-31(40)36(15-5-6-16-37)28(32(26)18-24(33)27(25)42-32)30(39)35-22-10-9-19-7-3-4-8-20(19)17-22/h3-4,7-14,17,24-28,37H,2,5-6,15-16,18H2,1H3,(H,34,38)(H,35,39)/t24?,25-,26+,27-,28?,32?/m1/s1. The summed E-state index contributed by atoms with van der Waals surface area (Å²) in [6.07, 6.45) is 0.881. The number of hydrogen-bond acceptors (Lipinski definition) is 6. The molecule has 3 saturated heterocycles. The molecule has 0 aliphatic carbocycles. The van der Waals surface area contributed by atoms with Crippen LogP contribution in [-0.2, 0) is 19.1 Å². The molecule has 3 unspecified atom stereocenters. The molecule has 3 aliphatic rings. The van der Waals surface area contributed by atoms with Gasteiger partial charge in [-0.1, -0.05) is 46.3 Å². The van der Waals surface area contributed by atoms with Gasteiger partial charge in [0, 0.05) is 29.4 Å². The summed E-state index contributed by atoms with van der Waals surface area (Å²) in [6.45, 7) is 2.70. The molecule has 3 fully saturated rings. The highest BCUT2D eigenvalue weighted by atomic mass is 79.9. The maximum atomic E-state index is 14.1. The van der Waals surface area contributed by atoms with Crippen LogP contribution in [0.4, 0.5) is 11.4 Å². The Kier molecular flexibility index (Phi) is 7.95. The van der Waals surface area contributed by atoms with Crippen LogP contribution in [-0.4, -0.2) is 70.1 Å². The summed E-state index contributed by atoms with van der Waals surface area (Å²) in [7, 11) is 0. The topological polar surface area (TPSA) is 117 Å². The first kappa shape index (κ1) is 28.6. The van der Waals surface area contributed by atoms with E-state index < -0.39 is 29.6 Å². The summed E-state index contributed by atoms with van der Waals surface area (Å²) >= 11 is 3.71. The lowest BCUT2D eigenvalue weighted by Gasteiger charge is -2.34. The van der Waals surface area contributed by atoms with Gasteiger partial charge in [-0.15, -0.1) is 0 Å². The fraction of sp³-hybridized carbons (Fsp3) is 0.406. The molecule has 6 rings (SSSR count). The van der Waals surface area contributed by atoms with E-state index >= 15 is 0 Å². The highest BCUT2D eigenvalue weighted by Gasteiger charge is 2.76. The van der Waals surface area contributed by atoms with Gasteiger partial charge in [-0.3, -0.25) is 14.4 Å². The fourth-order valence-electron chi connectivity index (χ4n) is 6.87. The third-order valence-electron chi connectivity index (χ3n) is 8.60. The molecule has 0 saturated carbocycles. The number of carbonyl (C=O) groups is 3. The van der Waals surface area contributed by atoms with E-state index in [1.54, 1.807) is 29.2 Å². The third kappa shape index (κ3) is 4.95. The van der Waals surface area contributed by atoms with E-state index in [1.165, 1.54) is 0 Å². The van der Waals surface area contributed by atoms with Gasteiger partial charge in [0.25, 0.3) is 0 Å². The molecule has 3 heterocycles. The molecule has 10 heteroatoms. The zero-order valence-electron chi connectivity index (χ0n) is 23.3. The van der Waals surface area contributed by atoms with Gasteiger partial charge in [0.2, 0.25) is 17.7 Å². The fourth-order valence-corrected chi connectivity index (χ4v) is 7.81. The molecule has 9 nitrogen and oxygen atoms in total. The van der Waals surface area contributed by atoms with Crippen molar-refractivity contribution in [2.75, 3.05) is 30.4 Å². The van der Waals surface area contributed by atoms with Crippen molar-refractivity contribution in [3.8, 4) is 5.75 Å². The molecule has 0 aromatic heterocycles. The van der Waals surface area contributed by atoms with Crippen LogP contribution in [0.15, 0.2) is 66.7 Å². The summed E-state index contributed by atoms with van der Waals surface area (Å²) in [5.74, 6) is -1.82. The number of aliphatic hydroxyl groups excluding tert-OH is 1. The maximum Gasteiger partial charge on any atom is 0.250 e. The highest BCUT2D eigenvalue weighted by molar-refractivity contribution is 9.09. The van der Waals surface area contributed by atoms with E-state index in [4.69, 9.17) is 9.47 Å². The van der Waals surface area contributed by atoms with Crippen molar-refractivity contribution < 1.29 is 29.0 Å². The molecule has 1 spiro atoms. The number of amides is 3. The molecule has 42 heavy (non-hydrogen) atoms. The Balaban J connectivity index is 1.29. The van der Waals surface area contributed by atoms with E-state index in [-0.39, 0.29) is 35.7 Å². The SMILES string of the molecule is CCOc1ccc(NC(=O)[C@H]2[C@@H]3OC4(CC3Br)C(C(=O)Nc3ccc5ccccc5c3)N(CCCCO)C(=O)[C@H]24)cc1. The van der Waals surface area contributed by atoms with Crippen molar-refractivity contribution in [2.45, 2.75) is 48.8 Å². The Morgan fingerprint density at radius 1 is 1.02 bits per heavy atom. The minimum absolute atomic E-state index is 0.0142. The monoisotopic (exact) mass is 635 g/mol. The predicted molar refractivity (Wildman–Crippen MR) is 163 cm³/mol. The van der Waals surface area contributed by atoms with E-state index in [0.29, 0.717) is 43.0 Å².